The van der Waals surface area contributed by atoms with Crippen molar-refractivity contribution < 1.29 is 9.53 Å². The van der Waals surface area contributed by atoms with Gasteiger partial charge >= 0.3 is 5.97 Å². The maximum Gasteiger partial charge on any atom is 0.337 e. The Morgan fingerprint density at radius 3 is 2.41 bits per heavy atom. The first kappa shape index (κ1) is 24.4. The lowest BCUT2D eigenvalue weighted by molar-refractivity contribution is -0.138. The van der Waals surface area contributed by atoms with Gasteiger partial charge in [-0.3, -0.25) is 0 Å². The zero-order chi connectivity index (χ0) is 21.5. The molecule has 0 heterocycles. The Balaban J connectivity index is 0.000000308. The summed E-state index contributed by atoms with van der Waals surface area (Å²) in [7, 11) is 0. The first-order chi connectivity index (χ1) is 14.0. The molecule has 1 aliphatic rings. The second kappa shape index (κ2) is 13.5. The summed E-state index contributed by atoms with van der Waals surface area (Å²) < 4.78 is 5.04. The maximum atomic E-state index is 11.5. The largest absolute Gasteiger partial charge is 0.462 e. The first-order valence-corrected chi connectivity index (χ1v) is 10.5. The van der Waals surface area contributed by atoms with Crippen molar-refractivity contribution in [2.24, 2.45) is 11.3 Å². The van der Waals surface area contributed by atoms with E-state index >= 15 is 0 Å². The highest BCUT2D eigenvalue weighted by Gasteiger charge is 2.33. The van der Waals surface area contributed by atoms with Crippen LogP contribution in [-0.4, -0.2) is 12.6 Å². The molecule has 1 saturated carbocycles. The van der Waals surface area contributed by atoms with Crippen molar-refractivity contribution in [3.63, 3.8) is 0 Å². The fourth-order valence-electron chi connectivity index (χ4n) is 3.41. The highest BCUT2D eigenvalue weighted by Crippen LogP contribution is 2.43. The van der Waals surface area contributed by atoms with Gasteiger partial charge in [-0.25, -0.2) is 4.79 Å². The molecule has 0 bridgehead atoms. The Kier molecular flexibility index (Phi) is 11.4. The van der Waals surface area contributed by atoms with Crippen molar-refractivity contribution in [1.82, 2.24) is 0 Å². The summed E-state index contributed by atoms with van der Waals surface area (Å²) in [5.41, 5.74) is 1.56. The van der Waals surface area contributed by atoms with Gasteiger partial charge in [0.2, 0.25) is 0 Å². The lowest BCUT2D eigenvalue weighted by Gasteiger charge is -2.38. The predicted octanol–water partition coefficient (Wildman–Crippen LogP) is 7.32. The number of unbranched alkanes of at least 4 members (excludes halogenated alkanes) is 1. The van der Waals surface area contributed by atoms with Crippen LogP contribution in [-0.2, 0) is 9.53 Å². The minimum Gasteiger partial charge on any atom is -0.462 e. The molecule has 2 heteroatoms. The maximum absolute atomic E-state index is 11.5. The van der Waals surface area contributed by atoms with Crippen molar-refractivity contribution in [1.29, 1.82) is 0 Å². The third-order valence-corrected chi connectivity index (χ3v) is 5.38. The van der Waals surface area contributed by atoms with E-state index in [0.29, 0.717) is 18.1 Å². The van der Waals surface area contributed by atoms with Crippen molar-refractivity contribution in [2.45, 2.75) is 45.4 Å². The quantitative estimate of drug-likeness (QED) is 0.145. The molecule has 0 aromatic heterocycles. The van der Waals surface area contributed by atoms with E-state index in [2.05, 4.69) is 39.3 Å². The SMILES string of the molecule is C=C(C=Cc1ccccc1)C(=O)OCCCC.C=CC1CCCCC1(C=C)C=C. The number of rotatable bonds is 9. The zero-order valence-electron chi connectivity index (χ0n) is 17.9. The van der Waals surface area contributed by atoms with E-state index in [1.165, 1.54) is 25.7 Å². The molecule has 0 spiro atoms. The van der Waals surface area contributed by atoms with Gasteiger partial charge in [-0.2, -0.15) is 0 Å². The fourth-order valence-corrected chi connectivity index (χ4v) is 3.41. The number of ether oxygens (including phenoxy) is 1. The van der Waals surface area contributed by atoms with Crippen LogP contribution in [0.1, 0.15) is 51.0 Å². The highest BCUT2D eigenvalue weighted by molar-refractivity contribution is 5.92. The molecular formula is C27H36O2. The number of carbonyl (C=O) groups excluding carboxylic acids is 1. The van der Waals surface area contributed by atoms with Gasteiger partial charge in [0.05, 0.1) is 12.2 Å². The second-order valence-corrected chi connectivity index (χ2v) is 7.37. The smallest absolute Gasteiger partial charge is 0.337 e. The van der Waals surface area contributed by atoms with Crippen LogP contribution in [0.2, 0.25) is 0 Å². The van der Waals surface area contributed by atoms with E-state index in [4.69, 9.17) is 4.74 Å². The zero-order valence-corrected chi connectivity index (χ0v) is 17.9. The van der Waals surface area contributed by atoms with E-state index in [1.54, 1.807) is 6.08 Å². The van der Waals surface area contributed by atoms with Gasteiger partial charge in [0.15, 0.2) is 0 Å². The number of benzene rings is 1. The van der Waals surface area contributed by atoms with E-state index < -0.39 is 0 Å². The third kappa shape index (κ3) is 8.11. The van der Waals surface area contributed by atoms with E-state index in [0.717, 1.165) is 18.4 Å². The Bertz CT molecular complexity index is 689. The minimum absolute atomic E-state index is 0.139. The van der Waals surface area contributed by atoms with Crippen LogP contribution in [0.25, 0.3) is 6.08 Å². The number of esters is 1. The summed E-state index contributed by atoms with van der Waals surface area (Å²) in [6, 6.07) is 9.77. The Labute approximate surface area is 177 Å². The molecule has 0 aliphatic heterocycles. The Morgan fingerprint density at radius 2 is 1.86 bits per heavy atom. The summed E-state index contributed by atoms with van der Waals surface area (Å²) in [6.07, 6.45) is 16.6. The molecule has 0 radical (unpaired) electrons. The van der Waals surface area contributed by atoms with E-state index in [-0.39, 0.29) is 11.4 Å². The molecule has 0 amide bonds. The first-order valence-electron chi connectivity index (χ1n) is 10.5. The van der Waals surface area contributed by atoms with Crippen LogP contribution >= 0.6 is 0 Å². The molecular weight excluding hydrogens is 356 g/mol. The Morgan fingerprint density at radius 1 is 1.17 bits per heavy atom. The van der Waals surface area contributed by atoms with Crippen LogP contribution in [0, 0.1) is 11.3 Å². The standard InChI is InChI=1S/C15H18O2.C12H18/c1-3-4-12-17-15(16)13(2)10-11-14-8-6-5-7-9-14;1-4-11-9-7-8-10-12(11,5-2)6-3/h5-11H,2-4,12H2,1H3;4-6,11H,1-3,7-10H2. The molecule has 1 aromatic rings. The van der Waals surface area contributed by atoms with Crippen LogP contribution in [0.3, 0.4) is 0 Å². The van der Waals surface area contributed by atoms with Gasteiger partial charge in [0.25, 0.3) is 0 Å². The van der Waals surface area contributed by atoms with Crippen molar-refractivity contribution in [2.75, 3.05) is 6.61 Å². The highest BCUT2D eigenvalue weighted by atomic mass is 16.5. The molecule has 0 N–H and O–H groups in total. The van der Waals surface area contributed by atoms with Gasteiger partial charge in [-0.1, -0.05) is 87.4 Å². The fraction of sp³-hybridized carbons (Fsp3) is 0.370. The average molecular weight is 393 g/mol. The minimum atomic E-state index is -0.342. The number of carbonyl (C=O) groups is 1. The number of allylic oxidation sites excluding steroid dienone is 3. The van der Waals surface area contributed by atoms with Crippen LogP contribution < -0.4 is 0 Å². The summed E-state index contributed by atoms with van der Waals surface area (Å²) in [6.45, 7) is 17.9. The molecule has 1 aliphatic carbocycles. The van der Waals surface area contributed by atoms with Gasteiger partial charge in [0, 0.05) is 5.41 Å². The summed E-state index contributed by atoms with van der Waals surface area (Å²) >= 11 is 0. The van der Waals surface area contributed by atoms with Gasteiger partial charge in [-0.15, -0.1) is 19.7 Å². The average Bonchev–Trinajstić information content (AvgIpc) is 2.78. The number of hydrogen-bond acceptors (Lipinski definition) is 2. The normalized spacial score (nSPS) is 17.5. The van der Waals surface area contributed by atoms with Crippen LogP contribution in [0.5, 0.6) is 0 Å². The van der Waals surface area contributed by atoms with Crippen molar-refractivity contribution in [3.05, 3.63) is 92.1 Å². The van der Waals surface area contributed by atoms with Gasteiger partial charge < -0.3 is 4.74 Å². The molecule has 1 unspecified atom stereocenters. The summed E-state index contributed by atoms with van der Waals surface area (Å²) in [5.74, 6) is 0.215. The van der Waals surface area contributed by atoms with Crippen LogP contribution in [0.15, 0.2) is 86.5 Å². The van der Waals surface area contributed by atoms with Crippen molar-refractivity contribution >= 4 is 12.0 Å². The summed E-state index contributed by atoms with van der Waals surface area (Å²) in [5, 5.41) is 0. The number of hydrogen-bond donors (Lipinski definition) is 0. The molecule has 29 heavy (non-hydrogen) atoms. The topological polar surface area (TPSA) is 26.3 Å². The van der Waals surface area contributed by atoms with Gasteiger partial charge in [-0.05, 0) is 36.8 Å². The molecule has 1 atom stereocenters. The van der Waals surface area contributed by atoms with Crippen molar-refractivity contribution in [3.8, 4) is 0 Å². The Hall–Kier alpha value is -2.61. The second-order valence-electron chi connectivity index (χ2n) is 7.37. The lowest BCUT2D eigenvalue weighted by Crippen LogP contribution is -2.28. The molecule has 1 aromatic carbocycles. The molecule has 1 fully saturated rings. The molecule has 0 saturated heterocycles. The van der Waals surface area contributed by atoms with E-state index in [1.807, 2.05) is 48.6 Å². The monoisotopic (exact) mass is 392 g/mol. The lowest BCUT2D eigenvalue weighted by atomic mass is 9.66. The van der Waals surface area contributed by atoms with Crippen LogP contribution in [0.4, 0.5) is 0 Å². The molecule has 2 nitrogen and oxygen atoms in total. The summed E-state index contributed by atoms with van der Waals surface area (Å²) in [4.78, 5) is 11.5. The molecule has 2 rings (SSSR count). The molecule has 156 valence electrons. The predicted molar refractivity (Wildman–Crippen MR) is 125 cm³/mol. The van der Waals surface area contributed by atoms with E-state index in [9.17, 15) is 4.79 Å². The third-order valence-electron chi connectivity index (χ3n) is 5.38. The van der Waals surface area contributed by atoms with Gasteiger partial charge in [0.1, 0.15) is 0 Å².